The zero-order chi connectivity index (χ0) is 13.3. The molecule has 18 heavy (non-hydrogen) atoms. The topological polar surface area (TPSA) is 26.0 Å². The fourth-order valence-electron chi connectivity index (χ4n) is 1.80. The Morgan fingerprint density at radius 1 is 0.889 bits per heavy atom. The minimum atomic E-state index is -0.0884. The van der Waals surface area contributed by atoms with Gasteiger partial charge in [-0.1, -0.05) is 46.9 Å². The molecule has 1 nitrogen and oxygen atoms in total. The number of nitrogens with two attached hydrogens (primary N) is 1. The zero-order valence-electron chi connectivity index (χ0n) is 9.75. The summed E-state index contributed by atoms with van der Waals surface area (Å²) in [6.45, 7) is 1.90. The smallest absolute Gasteiger partial charge is 0.0459 e. The van der Waals surface area contributed by atoms with E-state index in [4.69, 9.17) is 40.5 Å². The number of rotatable bonds is 2. The van der Waals surface area contributed by atoms with Gasteiger partial charge in [0, 0.05) is 21.1 Å². The zero-order valence-corrected chi connectivity index (χ0v) is 12.0. The summed E-state index contributed by atoms with van der Waals surface area (Å²) in [4.78, 5) is 0. The van der Waals surface area contributed by atoms with Gasteiger partial charge in [0.2, 0.25) is 0 Å². The second-order valence-corrected chi connectivity index (χ2v) is 5.46. The van der Waals surface area contributed by atoms with Gasteiger partial charge in [0.15, 0.2) is 0 Å². The summed E-state index contributed by atoms with van der Waals surface area (Å²) >= 11 is 18.2. The van der Waals surface area contributed by atoms with E-state index in [1.807, 2.05) is 37.3 Å². The Bertz CT molecular complexity index is 559. The number of benzene rings is 2. The Morgan fingerprint density at radius 3 is 2.00 bits per heavy atom. The highest BCUT2D eigenvalue weighted by Crippen LogP contribution is 2.31. The molecular weight excluding hydrogens is 289 g/mol. The molecule has 0 radical (unpaired) electrons. The Hall–Kier alpha value is -0.730. The summed E-state index contributed by atoms with van der Waals surface area (Å²) in [5.41, 5.74) is 8.65. The van der Waals surface area contributed by atoms with Crippen molar-refractivity contribution in [1.29, 1.82) is 0 Å². The van der Waals surface area contributed by atoms with Crippen molar-refractivity contribution in [2.24, 2.45) is 5.73 Å². The summed E-state index contributed by atoms with van der Waals surface area (Å²) < 4.78 is 0. The van der Waals surface area contributed by atoms with Gasteiger partial charge in [0.1, 0.15) is 0 Å². The monoisotopic (exact) mass is 299 g/mol. The lowest BCUT2D eigenvalue weighted by molar-refractivity contribution is 0.819. The van der Waals surface area contributed by atoms with Crippen molar-refractivity contribution in [2.45, 2.75) is 13.0 Å². The molecule has 2 aromatic carbocycles. The molecule has 0 saturated heterocycles. The van der Waals surface area contributed by atoms with Crippen LogP contribution in [0.2, 0.25) is 15.1 Å². The third-order valence-electron chi connectivity index (χ3n) is 2.69. The first-order valence-corrected chi connectivity index (χ1v) is 6.62. The minimum Gasteiger partial charge on any atom is -0.324 e. The molecular formula is C14H12Cl3N. The van der Waals surface area contributed by atoms with Crippen molar-refractivity contribution in [3.63, 3.8) is 0 Å². The lowest BCUT2D eigenvalue weighted by Gasteiger charge is -2.10. The highest BCUT2D eigenvalue weighted by molar-refractivity contribution is 6.35. The molecule has 0 amide bonds. The predicted molar refractivity (Wildman–Crippen MR) is 79.5 cm³/mol. The van der Waals surface area contributed by atoms with Gasteiger partial charge in [-0.15, -0.1) is 0 Å². The SMILES string of the molecule is CC(N)c1ccc(-c2cc(Cl)cc(Cl)c2)cc1Cl. The third kappa shape index (κ3) is 2.99. The van der Waals surface area contributed by atoms with Crippen LogP contribution in [0.5, 0.6) is 0 Å². The number of hydrogen-bond acceptors (Lipinski definition) is 1. The first-order valence-electron chi connectivity index (χ1n) is 5.49. The van der Waals surface area contributed by atoms with Crippen molar-refractivity contribution >= 4 is 34.8 Å². The van der Waals surface area contributed by atoms with Crippen LogP contribution in [-0.2, 0) is 0 Å². The van der Waals surface area contributed by atoms with Crippen LogP contribution in [0.1, 0.15) is 18.5 Å². The highest BCUT2D eigenvalue weighted by atomic mass is 35.5. The summed E-state index contributed by atoms with van der Waals surface area (Å²) in [6.07, 6.45) is 0. The maximum absolute atomic E-state index is 6.21. The summed E-state index contributed by atoms with van der Waals surface area (Å²) in [7, 11) is 0. The molecule has 0 spiro atoms. The summed E-state index contributed by atoms with van der Waals surface area (Å²) in [5, 5.41) is 1.85. The van der Waals surface area contributed by atoms with Gasteiger partial charge in [-0.25, -0.2) is 0 Å². The average molecular weight is 301 g/mol. The quantitative estimate of drug-likeness (QED) is 0.796. The second kappa shape index (κ2) is 5.50. The van der Waals surface area contributed by atoms with Crippen LogP contribution in [0.25, 0.3) is 11.1 Å². The van der Waals surface area contributed by atoms with E-state index in [0.717, 1.165) is 16.7 Å². The first-order chi connectivity index (χ1) is 8.47. The van der Waals surface area contributed by atoms with E-state index in [9.17, 15) is 0 Å². The Balaban J connectivity index is 2.48. The van der Waals surface area contributed by atoms with Gasteiger partial charge in [0.05, 0.1) is 0 Å². The lowest BCUT2D eigenvalue weighted by Crippen LogP contribution is -2.05. The van der Waals surface area contributed by atoms with Crippen molar-refractivity contribution in [1.82, 2.24) is 0 Å². The van der Waals surface area contributed by atoms with Crippen molar-refractivity contribution in [3.05, 3.63) is 57.0 Å². The van der Waals surface area contributed by atoms with Gasteiger partial charge in [-0.2, -0.15) is 0 Å². The molecule has 2 aromatic rings. The maximum atomic E-state index is 6.21. The normalized spacial score (nSPS) is 12.5. The maximum Gasteiger partial charge on any atom is 0.0459 e. The van der Waals surface area contributed by atoms with E-state index in [2.05, 4.69) is 0 Å². The largest absolute Gasteiger partial charge is 0.324 e. The van der Waals surface area contributed by atoms with E-state index < -0.39 is 0 Å². The molecule has 0 bridgehead atoms. The molecule has 0 aromatic heterocycles. The van der Waals surface area contributed by atoms with E-state index in [1.54, 1.807) is 6.07 Å². The molecule has 0 aliphatic rings. The van der Waals surface area contributed by atoms with Crippen molar-refractivity contribution in [2.75, 3.05) is 0 Å². The van der Waals surface area contributed by atoms with Crippen LogP contribution in [0.4, 0.5) is 0 Å². The van der Waals surface area contributed by atoms with Crippen LogP contribution < -0.4 is 5.73 Å². The van der Waals surface area contributed by atoms with Gasteiger partial charge in [-0.05, 0) is 47.9 Å². The van der Waals surface area contributed by atoms with Gasteiger partial charge in [-0.3, -0.25) is 0 Å². The van der Waals surface area contributed by atoms with E-state index in [-0.39, 0.29) is 6.04 Å². The molecule has 1 unspecified atom stereocenters. The third-order valence-corrected chi connectivity index (χ3v) is 3.45. The average Bonchev–Trinajstić information content (AvgIpc) is 2.26. The number of halogens is 3. The molecule has 0 fully saturated rings. The second-order valence-electron chi connectivity index (χ2n) is 4.18. The lowest BCUT2D eigenvalue weighted by atomic mass is 10.0. The summed E-state index contributed by atoms with van der Waals surface area (Å²) in [5.74, 6) is 0. The van der Waals surface area contributed by atoms with Crippen LogP contribution in [0, 0.1) is 0 Å². The summed E-state index contributed by atoms with van der Waals surface area (Å²) in [6, 6.07) is 11.1. The molecule has 0 aliphatic carbocycles. The molecule has 94 valence electrons. The Kier molecular flexibility index (Phi) is 4.18. The van der Waals surface area contributed by atoms with E-state index >= 15 is 0 Å². The molecule has 1 atom stereocenters. The first kappa shape index (κ1) is 13.7. The molecule has 0 saturated carbocycles. The fraction of sp³-hybridized carbons (Fsp3) is 0.143. The van der Waals surface area contributed by atoms with Crippen LogP contribution in [0.15, 0.2) is 36.4 Å². The Morgan fingerprint density at radius 2 is 1.50 bits per heavy atom. The van der Waals surface area contributed by atoms with Crippen LogP contribution >= 0.6 is 34.8 Å². The van der Waals surface area contributed by atoms with Gasteiger partial charge >= 0.3 is 0 Å². The number of hydrogen-bond donors (Lipinski definition) is 1. The molecule has 4 heteroatoms. The van der Waals surface area contributed by atoms with Gasteiger partial charge < -0.3 is 5.73 Å². The molecule has 0 aliphatic heterocycles. The fourth-order valence-corrected chi connectivity index (χ4v) is 2.68. The molecule has 0 heterocycles. The van der Waals surface area contributed by atoms with Gasteiger partial charge in [0.25, 0.3) is 0 Å². The molecule has 2 rings (SSSR count). The van der Waals surface area contributed by atoms with E-state index in [0.29, 0.717) is 15.1 Å². The van der Waals surface area contributed by atoms with Crippen molar-refractivity contribution in [3.8, 4) is 11.1 Å². The molecule has 2 N–H and O–H groups in total. The highest BCUT2D eigenvalue weighted by Gasteiger charge is 2.08. The van der Waals surface area contributed by atoms with Crippen LogP contribution in [0.3, 0.4) is 0 Å². The standard InChI is InChI=1S/C14H12Cl3N/c1-8(18)13-3-2-9(6-14(13)17)10-4-11(15)7-12(16)5-10/h2-8H,18H2,1H3. The van der Waals surface area contributed by atoms with E-state index in [1.165, 1.54) is 0 Å². The van der Waals surface area contributed by atoms with Crippen molar-refractivity contribution < 1.29 is 0 Å². The minimum absolute atomic E-state index is 0.0884. The predicted octanol–water partition coefficient (Wildman–Crippen LogP) is 5.33. The Labute approximate surface area is 121 Å². The van der Waals surface area contributed by atoms with Crippen LogP contribution in [-0.4, -0.2) is 0 Å².